The first-order chi connectivity index (χ1) is 13.9. The summed E-state index contributed by atoms with van der Waals surface area (Å²) in [6.07, 6.45) is 5.65. The highest BCUT2D eigenvalue weighted by Crippen LogP contribution is 2.42. The molecular formula is C21H23N5O2S. The summed E-state index contributed by atoms with van der Waals surface area (Å²) >= 11 is 1.41. The van der Waals surface area contributed by atoms with Gasteiger partial charge in [-0.1, -0.05) is 11.8 Å². The zero-order valence-electron chi connectivity index (χ0n) is 16.9. The second-order valence-corrected chi connectivity index (χ2v) is 8.76. The van der Waals surface area contributed by atoms with E-state index >= 15 is 0 Å². The van der Waals surface area contributed by atoms with Crippen LogP contribution in [-0.2, 0) is 0 Å². The van der Waals surface area contributed by atoms with E-state index < -0.39 is 0 Å². The van der Waals surface area contributed by atoms with Crippen LogP contribution in [-0.4, -0.2) is 41.5 Å². The molecule has 8 heteroatoms. The molecule has 1 aliphatic carbocycles. The Labute approximate surface area is 173 Å². The Balaban J connectivity index is 1.62. The van der Waals surface area contributed by atoms with Crippen LogP contribution < -0.4 is 0 Å². The Morgan fingerprint density at radius 1 is 1.21 bits per heavy atom. The van der Waals surface area contributed by atoms with Gasteiger partial charge in [-0.25, -0.2) is 0 Å². The molecule has 0 radical (unpaired) electrons. The molecule has 29 heavy (non-hydrogen) atoms. The number of Topliss-reactive ketones (excluding diaryl/α,β-unsaturated/α-hetero) is 2. The van der Waals surface area contributed by atoms with Crippen molar-refractivity contribution in [3.63, 3.8) is 0 Å². The van der Waals surface area contributed by atoms with Crippen LogP contribution in [0.25, 0.3) is 11.4 Å². The van der Waals surface area contributed by atoms with Crippen molar-refractivity contribution in [2.24, 2.45) is 0 Å². The highest BCUT2D eigenvalue weighted by Gasteiger charge is 2.32. The summed E-state index contributed by atoms with van der Waals surface area (Å²) < 4.78 is 2.14. The van der Waals surface area contributed by atoms with Crippen molar-refractivity contribution in [2.45, 2.75) is 57.0 Å². The van der Waals surface area contributed by atoms with E-state index in [-0.39, 0.29) is 16.8 Å². The largest absolute Gasteiger partial charge is 0.355 e. The average molecular weight is 410 g/mol. The number of rotatable bonds is 7. The molecule has 0 aliphatic heterocycles. The van der Waals surface area contributed by atoms with Crippen LogP contribution in [0, 0.1) is 13.8 Å². The van der Waals surface area contributed by atoms with Gasteiger partial charge in [0.15, 0.2) is 22.5 Å². The summed E-state index contributed by atoms with van der Waals surface area (Å²) in [6, 6.07) is 4.21. The van der Waals surface area contributed by atoms with Crippen molar-refractivity contribution in [3.05, 3.63) is 47.0 Å². The third kappa shape index (κ3) is 3.64. The minimum atomic E-state index is -0.362. The lowest BCUT2D eigenvalue weighted by atomic mass is 10.0. The molecule has 0 saturated heterocycles. The van der Waals surface area contributed by atoms with Gasteiger partial charge >= 0.3 is 0 Å². The molecule has 4 rings (SSSR count). The monoisotopic (exact) mass is 409 g/mol. The second-order valence-electron chi connectivity index (χ2n) is 7.45. The summed E-state index contributed by atoms with van der Waals surface area (Å²) in [7, 11) is 0. The van der Waals surface area contributed by atoms with Crippen molar-refractivity contribution in [1.82, 2.24) is 24.7 Å². The summed E-state index contributed by atoms with van der Waals surface area (Å²) in [5, 5.41) is 9.16. The van der Waals surface area contributed by atoms with Crippen LogP contribution >= 0.6 is 11.8 Å². The molecule has 3 heterocycles. The zero-order valence-corrected chi connectivity index (χ0v) is 17.7. The van der Waals surface area contributed by atoms with E-state index in [1.807, 2.05) is 32.9 Å². The molecule has 0 bridgehead atoms. The van der Waals surface area contributed by atoms with Crippen molar-refractivity contribution >= 4 is 23.3 Å². The Kier molecular flexibility index (Phi) is 5.12. The van der Waals surface area contributed by atoms with Gasteiger partial charge in [0.2, 0.25) is 0 Å². The number of thioether (sulfide) groups is 1. The number of hydrogen-bond donors (Lipinski definition) is 1. The maximum atomic E-state index is 13.1. The van der Waals surface area contributed by atoms with E-state index in [9.17, 15) is 9.59 Å². The topological polar surface area (TPSA) is 93.5 Å². The number of hydrogen-bond acceptors (Lipinski definition) is 6. The number of aromatic nitrogens is 5. The smallest absolute Gasteiger partial charge is 0.192 e. The number of pyridine rings is 1. The van der Waals surface area contributed by atoms with Gasteiger partial charge < -0.3 is 4.98 Å². The van der Waals surface area contributed by atoms with Gasteiger partial charge in [-0.3, -0.25) is 19.1 Å². The molecule has 0 aromatic carbocycles. The first kappa shape index (κ1) is 19.6. The predicted octanol–water partition coefficient (Wildman–Crippen LogP) is 4.19. The zero-order chi connectivity index (χ0) is 20.7. The Morgan fingerprint density at radius 3 is 2.48 bits per heavy atom. The Bertz CT molecular complexity index is 1080. The molecule has 0 spiro atoms. The van der Waals surface area contributed by atoms with E-state index in [0.29, 0.717) is 22.9 Å². The van der Waals surface area contributed by atoms with Gasteiger partial charge in [0, 0.05) is 35.3 Å². The fraction of sp³-hybridized carbons (Fsp3) is 0.381. The maximum absolute atomic E-state index is 13.1. The number of aromatic amines is 1. The molecule has 1 atom stereocenters. The normalized spacial score (nSPS) is 14.8. The maximum Gasteiger partial charge on any atom is 0.192 e. The minimum absolute atomic E-state index is 0.0360. The molecule has 1 N–H and O–H groups in total. The van der Waals surface area contributed by atoms with E-state index in [2.05, 4.69) is 24.7 Å². The minimum Gasteiger partial charge on any atom is -0.355 e. The summed E-state index contributed by atoms with van der Waals surface area (Å²) in [6.45, 7) is 7.03. The third-order valence-corrected chi connectivity index (χ3v) is 6.26. The molecule has 3 aromatic rings. The van der Waals surface area contributed by atoms with Gasteiger partial charge in [0.25, 0.3) is 0 Å². The molecule has 3 aromatic heterocycles. The fourth-order valence-electron chi connectivity index (χ4n) is 3.66. The lowest BCUT2D eigenvalue weighted by Gasteiger charge is -2.12. The molecule has 7 nitrogen and oxygen atoms in total. The number of nitrogens with zero attached hydrogens (tertiary/aromatic N) is 4. The second kappa shape index (κ2) is 7.59. The van der Waals surface area contributed by atoms with E-state index in [4.69, 9.17) is 0 Å². The van der Waals surface area contributed by atoms with Gasteiger partial charge in [-0.2, -0.15) is 0 Å². The van der Waals surface area contributed by atoms with Gasteiger partial charge in [0.05, 0.1) is 10.9 Å². The summed E-state index contributed by atoms with van der Waals surface area (Å²) in [5.41, 5.74) is 3.52. The van der Waals surface area contributed by atoms with Gasteiger partial charge in [-0.05, 0) is 58.2 Å². The highest BCUT2D eigenvalue weighted by molar-refractivity contribution is 8.00. The number of carbonyl (C=O) groups excluding carboxylic acids is 2. The fourth-order valence-corrected chi connectivity index (χ4v) is 4.63. The molecule has 1 saturated carbocycles. The first-order valence-electron chi connectivity index (χ1n) is 9.64. The first-order valence-corrected chi connectivity index (χ1v) is 10.5. The van der Waals surface area contributed by atoms with Crippen molar-refractivity contribution in [2.75, 3.05) is 0 Å². The molecule has 0 unspecified atom stereocenters. The van der Waals surface area contributed by atoms with E-state index in [1.54, 1.807) is 12.4 Å². The van der Waals surface area contributed by atoms with Gasteiger partial charge in [-0.15, -0.1) is 10.2 Å². The molecule has 0 amide bonds. The Hall–Kier alpha value is -2.74. The van der Waals surface area contributed by atoms with Crippen molar-refractivity contribution in [1.29, 1.82) is 0 Å². The number of nitrogens with one attached hydrogen (secondary N) is 1. The van der Waals surface area contributed by atoms with Crippen LogP contribution in [0.5, 0.6) is 0 Å². The predicted molar refractivity (Wildman–Crippen MR) is 111 cm³/mol. The van der Waals surface area contributed by atoms with Crippen molar-refractivity contribution < 1.29 is 9.59 Å². The van der Waals surface area contributed by atoms with E-state index in [0.717, 1.165) is 35.1 Å². The highest BCUT2D eigenvalue weighted by atomic mass is 32.2. The molecular weight excluding hydrogens is 386 g/mol. The Morgan fingerprint density at radius 2 is 1.90 bits per heavy atom. The lowest BCUT2D eigenvalue weighted by molar-refractivity contribution is 0.0988. The van der Waals surface area contributed by atoms with Crippen LogP contribution in [0.1, 0.15) is 64.8 Å². The summed E-state index contributed by atoms with van der Waals surface area (Å²) in [5.74, 6) is 0.729. The number of carbonyl (C=O) groups is 2. The lowest BCUT2D eigenvalue weighted by Crippen LogP contribution is -2.16. The molecule has 1 fully saturated rings. The number of ketones is 2. The van der Waals surface area contributed by atoms with Gasteiger partial charge in [0.1, 0.15) is 0 Å². The molecule has 1 aliphatic rings. The summed E-state index contributed by atoms with van der Waals surface area (Å²) in [4.78, 5) is 32.2. The molecule has 150 valence electrons. The number of H-pyrrole nitrogens is 1. The third-order valence-electron chi connectivity index (χ3n) is 5.20. The van der Waals surface area contributed by atoms with Crippen LogP contribution in [0.3, 0.4) is 0 Å². The van der Waals surface area contributed by atoms with Crippen molar-refractivity contribution in [3.8, 4) is 11.4 Å². The SMILES string of the molecule is CC(=O)c1c(C)[nH]c(C(=O)[C@@H](C)Sc2nnc(-c3ccncc3)n2C2CC2)c1C. The average Bonchev–Trinajstić information content (AvgIpc) is 3.38. The van der Waals surface area contributed by atoms with Crippen LogP contribution in [0.2, 0.25) is 0 Å². The van der Waals surface area contributed by atoms with Crippen LogP contribution in [0.15, 0.2) is 29.7 Å². The quantitative estimate of drug-likeness (QED) is 0.465. The number of aryl methyl sites for hydroxylation is 1. The van der Waals surface area contributed by atoms with Crippen LogP contribution in [0.4, 0.5) is 0 Å². The standard InChI is InChI=1S/C21H23N5O2S/c1-11-17(13(3)27)12(2)23-18(11)19(28)14(4)29-21-25-24-20(26(21)16-5-6-16)15-7-9-22-10-8-15/h7-10,14,16,23H,5-6H2,1-4H3/t14-/m1/s1. The van der Waals surface area contributed by atoms with E-state index in [1.165, 1.54) is 18.7 Å².